The SMILES string of the molecule is O=C(OCc1ccccc1)N1CCC[C@H]1C(=O)[N+]1(c2cnc([N+]3(C(=O)[C@@H]4CCCN4C(=O)OCc4ccccc4)C4=CC=C3C=C4)o2)C2=CC=C1C=C2. The van der Waals surface area contributed by atoms with Crippen molar-refractivity contribution >= 4 is 35.9 Å². The Morgan fingerprint density at radius 1 is 0.642 bits per heavy atom. The molecule has 7 heterocycles. The number of allylic oxidation sites excluding steroid dienone is 8. The van der Waals surface area contributed by atoms with Gasteiger partial charge in [-0.15, -0.1) is 8.97 Å². The van der Waals surface area contributed by atoms with Crippen molar-refractivity contribution in [1.29, 1.82) is 0 Å². The fourth-order valence-electron chi connectivity index (χ4n) is 8.39. The molecule has 53 heavy (non-hydrogen) atoms. The lowest BCUT2D eigenvalue weighted by atomic mass is 10.1. The van der Waals surface area contributed by atoms with Crippen LogP contribution in [0.15, 0.2) is 143 Å². The molecule has 0 N–H and O–H groups in total. The molecule has 4 amide bonds. The number of carbonyl (C=O) groups excluding carboxylic acids is 4. The van der Waals surface area contributed by atoms with Gasteiger partial charge in [0, 0.05) is 61.7 Å². The molecular weight excluding hydrogens is 674 g/mol. The number of benzene rings is 2. The molecule has 9 rings (SSSR count). The van der Waals surface area contributed by atoms with Crippen molar-refractivity contribution in [1.82, 2.24) is 23.7 Å². The van der Waals surface area contributed by atoms with E-state index < -0.39 is 33.2 Å². The first kappa shape index (κ1) is 32.8. The second-order valence-corrected chi connectivity index (χ2v) is 13.8. The second kappa shape index (κ2) is 12.8. The number of likely N-dealkylation sites (tertiary alicyclic amines) is 2. The molecule has 2 aromatic carbocycles. The third-order valence-electron chi connectivity index (χ3n) is 11.0. The largest absolute Gasteiger partial charge is 0.445 e. The standard InChI is InChI=1S/C41H37N5O7/c47-37(34-13-7-23-43(34)40(49)51-26-28-9-3-1-4-10-28)45(30-15-16-31(45)18-17-30)36-25-42-39(53-36)46(32-19-20-33(46)22-21-32)38(48)35-14-8-24-44(35)41(50)52-27-29-11-5-2-6-12-29/h1-6,9-12,15-22,25,34-35H,7-8,13-14,23-24,26-27H2/q+2/t34-,35-/m0/s1. The van der Waals surface area contributed by atoms with Crippen LogP contribution in [0.25, 0.3) is 0 Å². The molecule has 266 valence electrons. The number of carbonyl (C=O) groups is 4. The first-order valence-corrected chi connectivity index (χ1v) is 17.9. The van der Waals surface area contributed by atoms with Crippen LogP contribution >= 0.6 is 0 Å². The zero-order valence-corrected chi connectivity index (χ0v) is 28.9. The highest BCUT2D eigenvalue weighted by Crippen LogP contribution is 2.51. The fourth-order valence-corrected chi connectivity index (χ4v) is 8.39. The summed E-state index contributed by atoms with van der Waals surface area (Å²) in [6, 6.07) is 17.3. The van der Waals surface area contributed by atoms with Crippen LogP contribution in [0, 0.1) is 0 Å². The molecule has 4 bridgehead atoms. The molecule has 0 saturated carbocycles. The van der Waals surface area contributed by atoms with E-state index in [2.05, 4.69) is 0 Å². The van der Waals surface area contributed by atoms with E-state index in [1.54, 1.807) is 0 Å². The van der Waals surface area contributed by atoms with Crippen LogP contribution in [0.4, 0.5) is 21.5 Å². The fraction of sp³-hybridized carbons (Fsp3) is 0.244. The van der Waals surface area contributed by atoms with Gasteiger partial charge in [-0.3, -0.25) is 9.80 Å². The van der Waals surface area contributed by atoms with Crippen molar-refractivity contribution in [2.75, 3.05) is 13.1 Å². The van der Waals surface area contributed by atoms with E-state index in [1.165, 1.54) is 16.0 Å². The van der Waals surface area contributed by atoms with E-state index in [1.807, 2.05) is 109 Å². The van der Waals surface area contributed by atoms with Crippen molar-refractivity contribution in [3.05, 3.63) is 149 Å². The summed E-state index contributed by atoms with van der Waals surface area (Å²) in [4.78, 5) is 64.5. The number of rotatable bonds is 8. The maximum atomic E-state index is 14.9. The third kappa shape index (κ3) is 5.01. The monoisotopic (exact) mass is 711 g/mol. The Morgan fingerprint density at radius 3 is 1.53 bits per heavy atom. The number of oxazole rings is 1. The Kier molecular flexibility index (Phi) is 7.94. The van der Waals surface area contributed by atoms with Gasteiger partial charge in [0.1, 0.15) is 19.4 Å². The van der Waals surface area contributed by atoms with Crippen molar-refractivity contribution in [2.45, 2.75) is 51.0 Å². The quantitative estimate of drug-likeness (QED) is 0.239. The molecule has 2 saturated heterocycles. The lowest BCUT2D eigenvalue weighted by Gasteiger charge is -2.33. The summed E-state index contributed by atoms with van der Waals surface area (Å²) in [6.07, 6.45) is 17.4. The Balaban J connectivity index is 1.02. The molecule has 0 radical (unpaired) electrons. The molecule has 0 spiro atoms. The summed E-state index contributed by atoms with van der Waals surface area (Å²) in [5, 5.41) is 0. The lowest BCUT2D eigenvalue weighted by molar-refractivity contribution is -0.131. The van der Waals surface area contributed by atoms with Crippen LogP contribution in [0.1, 0.15) is 36.8 Å². The minimum Gasteiger partial charge on any atom is -0.445 e. The highest BCUT2D eigenvalue weighted by Gasteiger charge is 2.63. The summed E-state index contributed by atoms with van der Waals surface area (Å²) in [5.74, 6) is -0.365. The molecule has 6 aliphatic heterocycles. The molecule has 2 atom stereocenters. The van der Waals surface area contributed by atoms with Gasteiger partial charge in [0.2, 0.25) is 0 Å². The van der Waals surface area contributed by atoms with Gasteiger partial charge < -0.3 is 13.9 Å². The number of quaternary nitrogens is 2. The van der Waals surface area contributed by atoms with Gasteiger partial charge in [0.15, 0.2) is 34.9 Å². The second-order valence-electron chi connectivity index (χ2n) is 13.8. The van der Waals surface area contributed by atoms with Gasteiger partial charge >= 0.3 is 35.9 Å². The van der Waals surface area contributed by atoms with Crippen LogP contribution in [0.5, 0.6) is 0 Å². The van der Waals surface area contributed by atoms with Crippen LogP contribution in [-0.4, -0.2) is 64.0 Å². The minimum absolute atomic E-state index is 0.0675. The number of fused-ring (bicyclic) bond motifs is 4. The summed E-state index contributed by atoms with van der Waals surface area (Å²) in [7, 11) is 0. The van der Waals surface area contributed by atoms with Crippen LogP contribution in [0.3, 0.4) is 0 Å². The van der Waals surface area contributed by atoms with Gasteiger partial charge in [-0.2, -0.15) is 4.98 Å². The molecule has 2 fully saturated rings. The van der Waals surface area contributed by atoms with E-state index in [0.29, 0.717) is 61.6 Å². The van der Waals surface area contributed by atoms with Crippen molar-refractivity contribution in [2.24, 2.45) is 0 Å². The number of aromatic nitrogens is 1. The zero-order chi connectivity index (χ0) is 36.2. The highest BCUT2D eigenvalue weighted by molar-refractivity contribution is 6.03. The number of hydrogen-bond donors (Lipinski definition) is 0. The number of hydrogen-bond acceptors (Lipinski definition) is 8. The topological polar surface area (TPSA) is 119 Å². The average Bonchev–Trinajstić information content (AvgIpc) is 4.07. The van der Waals surface area contributed by atoms with E-state index >= 15 is 0 Å². The summed E-state index contributed by atoms with van der Waals surface area (Å²) in [6.45, 7) is 0.943. The first-order chi connectivity index (χ1) is 25.9. The predicted molar refractivity (Wildman–Crippen MR) is 193 cm³/mol. The summed E-state index contributed by atoms with van der Waals surface area (Å²) >= 11 is 0. The van der Waals surface area contributed by atoms with E-state index in [-0.39, 0.29) is 36.9 Å². The number of amides is 4. The molecule has 0 unspecified atom stereocenters. The summed E-state index contributed by atoms with van der Waals surface area (Å²) in [5.41, 5.74) is 4.26. The van der Waals surface area contributed by atoms with Gasteiger partial charge in [-0.1, -0.05) is 60.7 Å². The minimum atomic E-state index is -0.799. The van der Waals surface area contributed by atoms with Crippen molar-refractivity contribution in [3.63, 3.8) is 0 Å². The highest BCUT2D eigenvalue weighted by atomic mass is 16.6. The average molecular weight is 712 g/mol. The number of ether oxygens (including phenoxy) is 2. The molecule has 1 aromatic heterocycles. The van der Waals surface area contributed by atoms with Crippen LogP contribution in [-0.2, 0) is 32.3 Å². The zero-order valence-electron chi connectivity index (χ0n) is 28.9. The molecule has 12 nitrogen and oxygen atoms in total. The Bertz CT molecular complexity index is 2020. The summed E-state index contributed by atoms with van der Waals surface area (Å²) < 4.78 is 17.1. The Morgan fingerprint density at radius 2 is 1.08 bits per heavy atom. The molecule has 6 aliphatic rings. The van der Waals surface area contributed by atoms with Crippen molar-refractivity contribution in [3.8, 4) is 0 Å². The van der Waals surface area contributed by atoms with E-state index in [4.69, 9.17) is 18.9 Å². The number of nitrogens with zero attached hydrogens (tertiary/aromatic N) is 5. The first-order valence-electron chi connectivity index (χ1n) is 17.9. The molecule has 3 aromatic rings. The Hall–Kier alpha value is -6.11. The maximum absolute atomic E-state index is 14.9. The van der Waals surface area contributed by atoms with Gasteiger partial charge in [-0.05, 0) is 36.8 Å². The predicted octanol–water partition coefficient (Wildman–Crippen LogP) is 6.65. The lowest BCUT2D eigenvalue weighted by Crippen LogP contribution is -2.57. The van der Waals surface area contributed by atoms with E-state index in [9.17, 15) is 19.2 Å². The smallest absolute Gasteiger partial charge is 0.426 e. The van der Waals surface area contributed by atoms with Gasteiger partial charge in [0.25, 0.3) is 0 Å². The van der Waals surface area contributed by atoms with Crippen LogP contribution < -0.4 is 8.97 Å². The maximum Gasteiger partial charge on any atom is 0.426 e. The van der Waals surface area contributed by atoms with Crippen molar-refractivity contribution < 1.29 is 33.1 Å². The molecule has 12 heteroatoms. The van der Waals surface area contributed by atoms with Gasteiger partial charge in [-0.25, -0.2) is 19.2 Å². The molecular formula is C41H37N5O7+2. The molecule has 0 aliphatic carbocycles. The third-order valence-corrected chi connectivity index (χ3v) is 11.0. The van der Waals surface area contributed by atoms with Crippen LogP contribution in [0.2, 0.25) is 0 Å². The normalized spacial score (nSPS) is 22.5. The Labute approximate surface area is 305 Å². The van der Waals surface area contributed by atoms with Gasteiger partial charge in [0.05, 0.1) is 0 Å². The van der Waals surface area contributed by atoms with E-state index in [0.717, 1.165) is 11.1 Å².